The van der Waals surface area contributed by atoms with E-state index in [9.17, 15) is 14.0 Å². The molecule has 0 saturated carbocycles. The summed E-state index contributed by atoms with van der Waals surface area (Å²) in [6.45, 7) is 3.89. The van der Waals surface area contributed by atoms with E-state index in [4.69, 9.17) is 0 Å². The minimum Gasteiger partial charge on any atom is -0.459 e. The molecule has 19 heavy (non-hydrogen) atoms. The lowest BCUT2D eigenvalue weighted by molar-refractivity contribution is -0.159. The standard InChI is InChI=1S/C14H18FNO3/c1-4-19-14(18)13(17)16(3)8-7-11-5-6-12(15)10(2)9-11/h5-6,9H,4,7-8H2,1-3H3. The highest BCUT2D eigenvalue weighted by atomic mass is 19.1. The molecule has 0 aliphatic carbocycles. The summed E-state index contributed by atoms with van der Waals surface area (Å²) in [5.41, 5.74) is 1.49. The van der Waals surface area contributed by atoms with Crippen LogP contribution in [0.5, 0.6) is 0 Å². The van der Waals surface area contributed by atoms with Gasteiger partial charge in [-0.15, -0.1) is 0 Å². The summed E-state index contributed by atoms with van der Waals surface area (Å²) < 4.78 is 17.7. The Labute approximate surface area is 112 Å². The van der Waals surface area contributed by atoms with Crippen molar-refractivity contribution in [1.82, 2.24) is 4.90 Å². The van der Waals surface area contributed by atoms with Gasteiger partial charge in [0.1, 0.15) is 5.82 Å². The smallest absolute Gasteiger partial charge is 0.396 e. The molecule has 0 spiro atoms. The molecule has 104 valence electrons. The summed E-state index contributed by atoms with van der Waals surface area (Å²) in [7, 11) is 1.54. The van der Waals surface area contributed by atoms with Crippen molar-refractivity contribution in [3.63, 3.8) is 0 Å². The summed E-state index contributed by atoms with van der Waals surface area (Å²) in [6.07, 6.45) is 0.558. The largest absolute Gasteiger partial charge is 0.459 e. The number of benzene rings is 1. The molecule has 1 aromatic carbocycles. The van der Waals surface area contributed by atoms with Crippen LogP contribution in [0.1, 0.15) is 18.1 Å². The van der Waals surface area contributed by atoms with Gasteiger partial charge in [-0.3, -0.25) is 4.79 Å². The predicted molar refractivity (Wildman–Crippen MR) is 69.1 cm³/mol. The van der Waals surface area contributed by atoms with Gasteiger partial charge in [-0.1, -0.05) is 12.1 Å². The molecule has 1 rings (SSSR count). The minimum absolute atomic E-state index is 0.176. The van der Waals surface area contributed by atoms with Crippen LogP contribution in [0.4, 0.5) is 4.39 Å². The van der Waals surface area contributed by atoms with Crippen LogP contribution in [0.3, 0.4) is 0 Å². The van der Waals surface area contributed by atoms with Crippen LogP contribution in [0.15, 0.2) is 18.2 Å². The van der Waals surface area contributed by atoms with E-state index in [0.717, 1.165) is 5.56 Å². The van der Waals surface area contributed by atoms with E-state index < -0.39 is 11.9 Å². The second-order valence-corrected chi connectivity index (χ2v) is 4.28. The number of hydrogen-bond acceptors (Lipinski definition) is 3. The fraction of sp³-hybridized carbons (Fsp3) is 0.429. The zero-order valence-corrected chi connectivity index (χ0v) is 11.4. The zero-order valence-electron chi connectivity index (χ0n) is 11.4. The van der Waals surface area contributed by atoms with Crippen molar-refractivity contribution in [2.75, 3.05) is 20.2 Å². The van der Waals surface area contributed by atoms with Crippen LogP contribution in [0, 0.1) is 12.7 Å². The van der Waals surface area contributed by atoms with Gasteiger partial charge < -0.3 is 9.64 Å². The van der Waals surface area contributed by atoms with Crippen molar-refractivity contribution in [3.8, 4) is 0 Å². The Bertz CT molecular complexity index is 474. The topological polar surface area (TPSA) is 46.6 Å². The van der Waals surface area contributed by atoms with Gasteiger partial charge in [-0.25, -0.2) is 9.18 Å². The number of nitrogens with zero attached hydrogens (tertiary/aromatic N) is 1. The predicted octanol–water partition coefficient (Wildman–Crippen LogP) is 1.70. The number of likely N-dealkylation sites (N-methyl/N-ethyl adjacent to an activating group) is 1. The molecular formula is C14H18FNO3. The molecule has 0 N–H and O–H groups in total. The number of carbonyl (C=O) groups excluding carboxylic acids is 2. The third-order valence-corrected chi connectivity index (χ3v) is 2.75. The molecule has 0 aliphatic heterocycles. The fourth-order valence-corrected chi connectivity index (χ4v) is 1.61. The van der Waals surface area contributed by atoms with Crippen molar-refractivity contribution in [2.45, 2.75) is 20.3 Å². The molecule has 1 aromatic rings. The number of hydrogen-bond donors (Lipinski definition) is 0. The first-order valence-corrected chi connectivity index (χ1v) is 6.13. The van der Waals surface area contributed by atoms with Crippen LogP contribution in [0.2, 0.25) is 0 Å². The highest BCUT2D eigenvalue weighted by Gasteiger charge is 2.19. The molecule has 0 fully saturated rings. The summed E-state index contributed by atoms with van der Waals surface area (Å²) in [4.78, 5) is 24.1. The molecule has 0 aliphatic rings. The van der Waals surface area contributed by atoms with Crippen molar-refractivity contribution >= 4 is 11.9 Å². The van der Waals surface area contributed by atoms with E-state index in [1.165, 1.54) is 18.0 Å². The van der Waals surface area contributed by atoms with Crippen LogP contribution >= 0.6 is 0 Å². The Morgan fingerprint density at radius 3 is 2.63 bits per heavy atom. The van der Waals surface area contributed by atoms with Crippen molar-refractivity contribution in [3.05, 3.63) is 35.1 Å². The van der Waals surface area contributed by atoms with Gasteiger partial charge in [0.2, 0.25) is 0 Å². The second kappa shape index (κ2) is 6.87. The van der Waals surface area contributed by atoms with E-state index in [-0.39, 0.29) is 12.4 Å². The van der Waals surface area contributed by atoms with E-state index in [1.54, 1.807) is 26.0 Å². The number of aryl methyl sites for hydroxylation is 1. The Balaban J connectivity index is 2.54. The van der Waals surface area contributed by atoms with Crippen LogP contribution in [0.25, 0.3) is 0 Å². The molecule has 0 aromatic heterocycles. The Morgan fingerprint density at radius 2 is 2.05 bits per heavy atom. The van der Waals surface area contributed by atoms with Crippen LogP contribution in [-0.4, -0.2) is 37.0 Å². The van der Waals surface area contributed by atoms with Crippen molar-refractivity contribution < 1.29 is 18.7 Å². The second-order valence-electron chi connectivity index (χ2n) is 4.28. The normalized spacial score (nSPS) is 10.1. The number of rotatable bonds is 4. The molecule has 0 unspecified atom stereocenters. The molecule has 0 saturated heterocycles. The average Bonchev–Trinajstić information content (AvgIpc) is 2.39. The van der Waals surface area contributed by atoms with E-state index >= 15 is 0 Å². The lowest BCUT2D eigenvalue weighted by atomic mass is 10.1. The number of ether oxygens (including phenoxy) is 1. The van der Waals surface area contributed by atoms with Crippen molar-refractivity contribution in [2.24, 2.45) is 0 Å². The minimum atomic E-state index is -0.847. The maximum atomic E-state index is 13.1. The summed E-state index contributed by atoms with van der Waals surface area (Å²) in [5, 5.41) is 0. The maximum Gasteiger partial charge on any atom is 0.396 e. The van der Waals surface area contributed by atoms with Gasteiger partial charge in [0.05, 0.1) is 6.61 Å². The third kappa shape index (κ3) is 4.35. The summed E-state index contributed by atoms with van der Waals surface area (Å²) in [6, 6.07) is 4.81. The molecule has 1 amide bonds. The molecule has 0 radical (unpaired) electrons. The monoisotopic (exact) mass is 267 g/mol. The summed E-state index contributed by atoms with van der Waals surface area (Å²) in [5.74, 6) is -1.76. The molecule has 5 heteroatoms. The quantitative estimate of drug-likeness (QED) is 0.616. The third-order valence-electron chi connectivity index (χ3n) is 2.75. The lowest BCUT2D eigenvalue weighted by Gasteiger charge is -2.16. The fourth-order valence-electron chi connectivity index (χ4n) is 1.61. The van der Waals surface area contributed by atoms with Crippen molar-refractivity contribution in [1.29, 1.82) is 0 Å². The van der Waals surface area contributed by atoms with Gasteiger partial charge in [0, 0.05) is 13.6 Å². The Hall–Kier alpha value is -1.91. The Kier molecular flexibility index (Phi) is 5.48. The summed E-state index contributed by atoms with van der Waals surface area (Å²) >= 11 is 0. The van der Waals surface area contributed by atoms with Gasteiger partial charge in [0.15, 0.2) is 0 Å². The SMILES string of the molecule is CCOC(=O)C(=O)N(C)CCc1ccc(F)c(C)c1. The van der Waals surface area contributed by atoms with Gasteiger partial charge >= 0.3 is 11.9 Å². The molecule has 0 heterocycles. The van der Waals surface area contributed by atoms with Gasteiger partial charge in [-0.2, -0.15) is 0 Å². The number of halogens is 1. The number of esters is 1. The van der Waals surface area contributed by atoms with Gasteiger partial charge in [-0.05, 0) is 37.5 Å². The average molecular weight is 267 g/mol. The maximum absolute atomic E-state index is 13.1. The molecular weight excluding hydrogens is 249 g/mol. The first-order chi connectivity index (χ1) is 8.95. The molecule has 0 bridgehead atoms. The highest BCUT2D eigenvalue weighted by Crippen LogP contribution is 2.10. The highest BCUT2D eigenvalue weighted by molar-refractivity contribution is 6.32. The van der Waals surface area contributed by atoms with E-state index in [2.05, 4.69) is 4.74 Å². The van der Waals surface area contributed by atoms with E-state index in [1.807, 2.05) is 0 Å². The van der Waals surface area contributed by atoms with Crippen LogP contribution in [-0.2, 0) is 20.7 Å². The van der Waals surface area contributed by atoms with Gasteiger partial charge in [0.25, 0.3) is 0 Å². The lowest BCUT2D eigenvalue weighted by Crippen LogP contribution is -2.35. The zero-order chi connectivity index (χ0) is 14.4. The first kappa shape index (κ1) is 15.1. The van der Waals surface area contributed by atoms with Crippen LogP contribution < -0.4 is 0 Å². The Morgan fingerprint density at radius 1 is 1.37 bits per heavy atom. The number of amides is 1. The van der Waals surface area contributed by atoms with E-state index in [0.29, 0.717) is 18.5 Å². The molecule has 4 nitrogen and oxygen atoms in total. The first-order valence-electron chi connectivity index (χ1n) is 6.13. The number of carbonyl (C=O) groups is 2. The molecule has 0 atom stereocenters.